The van der Waals surface area contributed by atoms with E-state index in [-0.39, 0.29) is 12.5 Å². The van der Waals surface area contributed by atoms with Crippen molar-refractivity contribution < 1.29 is 9.53 Å². The lowest BCUT2D eigenvalue weighted by molar-refractivity contribution is -0.115. The number of methoxy groups -OCH3 is 1. The van der Waals surface area contributed by atoms with Gasteiger partial charge >= 0.3 is 0 Å². The Hall–Kier alpha value is -2.34. The van der Waals surface area contributed by atoms with E-state index in [1.54, 1.807) is 17.9 Å². The zero-order valence-electron chi connectivity index (χ0n) is 12.3. The van der Waals surface area contributed by atoms with Crippen molar-refractivity contribution in [2.75, 3.05) is 25.5 Å². The number of nitrogens with one attached hydrogen (secondary N) is 2. The summed E-state index contributed by atoms with van der Waals surface area (Å²) in [4.78, 5) is 11.8. The van der Waals surface area contributed by atoms with Crippen LogP contribution in [0.2, 0.25) is 0 Å². The van der Waals surface area contributed by atoms with E-state index in [1.165, 1.54) is 0 Å². The zero-order chi connectivity index (χ0) is 15.1. The molecule has 0 aliphatic heterocycles. The first-order valence-corrected chi connectivity index (χ1v) is 6.79. The van der Waals surface area contributed by atoms with Crippen LogP contribution in [0.1, 0.15) is 5.56 Å². The third kappa shape index (κ3) is 4.92. The highest BCUT2D eigenvalue weighted by Crippen LogP contribution is 2.16. The molecule has 112 valence electrons. The minimum atomic E-state index is -0.0746. The average molecular weight is 288 g/mol. The molecular formula is C15H20N4O2. The number of carbonyl (C=O) groups excluding carboxylic acids is 1. The molecule has 2 aromatic rings. The highest BCUT2D eigenvalue weighted by molar-refractivity contribution is 5.92. The fraction of sp³-hybridized carbons (Fsp3) is 0.333. The largest absolute Gasteiger partial charge is 0.497 e. The molecule has 0 spiro atoms. The van der Waals surface area contributed by atoms with Gasteiger partial charge in [0.2, 0.25) is 5.91 Å². The van der Waals surface area contributed by atoms with Gasteiger partial charge in [-0.1, -0.05) is 6.07 Å². The maximum absolute atomic E-state index is 11.8. The van der Waals surface area contributed by atoms with Gasteiger partial charge in [0.1, 0.15) is 5.75 Å². The highest BCUT2D eigenvalue weighted by Gasteiger charge is 2.03. The minimum Gasteiger partial charge on any atom is -0.497 e. The molecule has 2 rings (SSSR count). The van der Waals surface area contributed by atoms with Crippen LogP contribution in [0, 0.1) is 0 Å². The molecule has 0 aliphatic carbocycles. The lowest BCUT2D eigenvalue weighted by Crippen LogP contribution is -2.29. The van der Waals surface area contributed by atoms with E-state index in [4.69, 9.17) is 4.74 Å². The van der Waals surface area contributed by atoms with Gasteiger partial charge < -0.3 is 15.4 Å². The van der Waals surface area contributed by atoms with Crippen LogP contribution in [0.15, 0.2) is 36.7 Å². The van der Waals surface area contributed by atoms with Gasteiger partial charge in [-0.05, 0) is 30.7 Å². The Morgan fingerprint density at radius 3 is 3.00 bits per heavy atom. The Balaban J connectivity index is 1.69. The van der Waals surface area contributed by atoms with Gasteiger partial charge in [-0.25, -0.2) is 0 Å². The molecule has 0 bridgehead atoms. The monoisotopic (exact) mass is 288 g/mol. The summed E-state index contributed by atoms with van der Waals surface area (Å²) in [5.74, 6) is 0.645. The number of ether oxygens (including phenoxy) is 1. The van der Waals surface area contributed by atoms with Gasteiger partial charge in [0, 0.05) is 25.0 Å². The van der Waals surface area contributed by atoms with Crippen LogP contribution in [-0.2, 0) is 18.3 Å². The number of hydrogen-bond donors (Lipinski definition) is 2. The maximum Gasteiger partial charge on any atom is 0.238 e. The van der Waals surface area contributed by atoms with Crippen molar-refractivity contribution >= 4 is 11.6 Å². The molecule has 6 heteroatoms. The summed E-state index contributed by atoms with van der Waals surface area (Å²) in [6, 6.07) is 7.29. The predicted molar refractivity (Wildman–Crippen MR) is 81.4 cm³/mol. The molecule has 0 saturated carbocycles. The van der Waals surface area contributed by atoms with Crippen LogP contribution >= 0.6 is 0 Å². The summed E-state index contributed by atoms with van der Waals surface area (Å²) in [6.45, 7) is 1.01. The molecule has 0 fully saturated rings. The van der Waals surface area contributed by atoms with E-state index < -0.39 is 0 Å². The number of hydrogen-bond acceptors (Lipinski definition) is 4. The number of benzene rings is 1. The van der Waals surface area contributed by atoms with Crippen molar-refractivity contribution in [3.8, 4) is 5.75 Å². The van der Waals surface area contributed by atoms with Crippen molar-refractivity contribution in [3.05, 3.63) is 42.2 Å². The van der Waals surface area contributed by atoms with Gasteiger partial charge in [0.15, 0.2) is 0 Å². The zero-order valence-corrected chi connectivity index (χ0v) is 12.3. The average Bonchev–Trinajstić information content (AvgIpc) is 2.89. The summed E-state index contributed by atoms with van der Waals surface area (Å²) in [6.07, 6.45) is 4.65. The SMILES string of the molecule is COc1cccc(NC(=O)CNCCc2cnn(C)c2)c1. The lowest BCUT2D eigenvalue weighted by atomic mass is 10.2. The fourth-order valence-corrected chi connectivity index (χ4v) is 1.94. The van der Waals surface area contributed by atoms with Crippen LogP contribution in [0.3, 0.4) is 0 Å². The molecule has 0 aliphatic rings. The van der Waals surface area contributed by atoms with Crippen molar-refractivity contribution in [2.45, 2.75) is 6.42 Å². The van der Waals surface area contributed by atoms with Crippen LogP contribution in [0.5, 0.6) is 5.75 Å². The summed E-state index contributed by atoms with van der Waals surface area (Å²) < 4.78 is 6.88. The first-order chi connectivity index (χ1) is 10.2. The Kier molecular flexibility index (Phi) is 5.34. The molecule has 1 aromatic heterocycles. The van der Waals surface area contributed by atoms with Crippen LogP contribution < -0.4 is 15.4 Å². The van der Waals surface area contributed by atoms with Gasteiger partial charge in [-0.15, -0.1) is 0 Å². The summed E-state index contributed by atoms with van der Waals surface area (Å²) in [5, 5.41) is 10.0. The number of aryl methyl sites for hydroxylation is 1. The topological polar surface area (TPSA) is 68.2 Å². The number of rotatable bonds is 7. The Bertz CT molecular complexity index is 595. The molecule has 0 radical (unpaired) electrons. The standard InChI is InChI=1S/C15H20N4O2/c1-19-11-12(9-17-19)6-7-16-10-15(20)18-13-4-3-5-14(8-13)21-2/h3-5,8-9,11,16H,6-7,10H2,1-2H3,(H,18,20). The fourth-order valence-electron chi connectivity index (χ4n) is 1.94. The molecule has 1 heterocycles. The third-order valence-electron chi connectivity index (χ3n) is 2.99. The number of carbonyl (C=O) groups is 1. The normalized spacial score (nSPS) is 10.4. The van der Waals surface area contributed by atoms with Crippen molar-refractivity contribution in [1.82, 2.24) is 15.1 Å². The van der Waals surface area contributed by atoms with Crippen LogP contribution in [0.25, 0.3) is 0 Å². The molecule has 6 nitrogen and oxygen atoms in total. The summed E-state index contributed by atoms with van der Waals surface area (Å²) in [7, 11) is 3.49. The molecular weight excluding hydrogens is 268 g/mol. The van der Waals surface area contributed by atoms with Gasteiger partial charge in [-0.2, -0.15) is 5.10 Å². The molecule has 2 N–H and O–H groups in total. The van der Waals surface area contributed by atoms with E-state index in [0.29, 0.717) is 0 Å². The van der Waals surface area contributed by atoms with Gasteiger partial charge in [0.05, 0.1) is 19.9 Å². The molecule has 0 saturated heterocycles. The molecule has 0 atom stereocenters. The number of amides is 1. The molecule has 21 heavy (non-hydrogen) atoms. The second kappa shape index (κ2) is 7.44. The van der Waals surface area contributed by atoms with Crippen molar-refractivity contribution in [3.63, 3.8) is 0 Å². The van der Waals surface area contributed by atoms with Gasteiger partial charge in [-0.3, -0.25) is 9.48 Å². The van der Waals surface area contributed by atoms with Crippen LogP contribution in [0.4, 0.5) is 5.69 Å². The third-order valence-corrected chi connectivity index (χ3v) is 2.99. The first kappa shape index (κ1) is 15.1. The summed E-state index contributed by atoms with van der Waals surface area (Å²) >= 11 is 0. The molecule has 1 amide bonds. The second-order valence-electron chi connectivity index (χ2n) is 4.73. The molecule has 1 aromatic carbocycles. The van der Waals surface area contributed by atoms with Gasteiger partial charge in [0.25, 0.3) is 0 Å². The van der Waals surface area contributed by atoms with Crippen LogP contribution in [-0.4, -0.2) is 35.9 Å². The quantitative estimate of drug-likeness (QED) is 0.751. The number of aromatic nitrogens is 2. The Labute approximate surface area is 124 Å². The second-order valence-corrected chi connectivity index (χ2v) is 4.73. The van der Waals surface area contributed by atoms with Crippen molar-refractivity contribution in [2.24, 2.45) is 7.05 Å². The van der Waals surface area contributed by atoms with E-state index in [9.17, 15) is 4.79 Å². The van der Waals surface area contributed by atoms with E-state index in [2.05, 4.69) is 15.7 Å². The highest BCUT2D eigenvalue weighted by atomic mass is 16.5. The Morgan fingerprint density at radius 2 is 2.29 bits per heavy atom. The Morgan fingerprint density at radius 1 is 1.43 bits per heavy atom. The van der Waals surface area contributed by atoms with E-state index in [0.717, 1.165) is 30.0 Å². The number of anilines is 1. The van der Waals surface area contributed by atoms with E-state index >= 15 is 0 Å². The number of nitrogens with zero attached hydrogens (tertiary/aromatic N) is 2. The first-order valence-electron chi connectivity index (χ1n) is 6.79. The smallest absolute Gasteiger partial charge is 0.238 e. The molecule has 0 unspecified atom stereocenters. The van der Waals surface area contributed by atoms with E-state index in [1.807, 2.05) is 37.6 Å². The van der Waals surface area contributed by atoms with Crippen molar-refractivity contribution in [1.29, 1.82) is 0 Å². The summed E-state index contributed by atoms with van der Waals surface area (Å²) in [5.41, 5.74) is 1.88. The minimum absolute atomic E-state index is 0.0746. The maximum atomic E-state index is 11.8. The predicted octanol–water partition coefficient (Wildman–Crippen LogP) is 1.20. The lowest BCUT2D eigenvalue weighted by Gasteiger charge is -2.07.